The summed E-state index contributed by atoms with van der Waals surface area (Å²) in [6.07, 6.45) is 0. The fourth-order valence-electron chi connectivity index (χ4n) is 2.01. The van der Waals surface area contributed by atoms with Gasteiger partial charge in [-0.25, -0.2) is 4.79 Å². The molecule has 0 spiro atoms. The van der Waals surface area contributed by atoms with Crippen molar-refractivity contribution in [2.45, 2.75) is 13.8 Å². The van der Waals surface area contributed by atoms with Gasteiger partial charge >= 0.3 is 5.63 Å². The topological polar surface area (TPSA) is 39.4 Å². The molecule has 0 amide bonds. The lowest BCUT2D eigenvalue weighted by atomic mass is 10.1. The lowest BCUT2D eigenvalue weighted by Gasteiger charge is -2.04. The first-order valence-corrected chi connectivity index (χ1v) is 6.77. The fraction of sp³-hybridized carbons (Fsp3) is 0.188. The molecule has 1 heterocycles. The van der Waals surface area contributed by atoms with Crippen LogP contribution < -0.4 is 10.4 Å². The molecule has 0 atom stereocenters. The van der Waals surface area contributed by atoms with Crippen molar-refractivity contribution >= 4 is 33.3 Å². The third kappa shape index (κ3) is 2.49. The molecular weight excluding hydrogens is 276 g/mol. The second-order valence-electron chi connectivity index (χ2n) is 3.94. The predicted octanol–water partition coefficient (Wildman–Crippen LogP) is 4.63. The van der Waals surface area contributed by atoms with Gasteiger partial charge < -0.3 is 9.15 Å². The number of rotatable bonds is 1. The van der Waals surface area contributed by atoms with Crippen LogP contribution in [-0.2, 0) is 0 Å². The van der Waals surface area contributed by atoms with E-state index in [2.05, 4.69) is 0 Å². The van der Waals surface area contributed by atoms with Gasteiger partial charge in [0.15, 0.2) is 0 Å². The van der Waals surface area contributed by atoms with Gasteiger partial charge in [0.25, 0.3) is 0 Å². The van der Waals surface area contributed by atoms with Crippen LogP contribution in [0.2, 0.25) is 5.02 Å². The molecule has 0 unspecified atom stereocenters. The summed E-state index contributed by atoms with van der Waals surface area (Å²) in [5.74, 6) is 0.628. The second-order valence-corrected chi connectivity index (χ2v) is 4.38. The minimum absolute atomic E-state index is 0.390. The van der Waals surface area contributed by atoms with Gasteiger partial charge in [-0.1, -0.05) is 25.4 Å². The molecule has 104 valence electrons. The third-order valence-corrected chi connectivity index (χ3v) is 3.12. The molecule has 0 aliphatic heterocycles. The van der Waals surface area contributed by atoms with Crippen LogP contribution in [0.25, 0.3) is 21.7 Å². The monoisotopic (exact) mass is 290 g/mol. The molecule has 1 aromatic heterocycles. The Morgan fingerprint density at radius 2 is 1.70 bits per heavy atom. The molecule has 0 radical (unpaired) electrons. The van der Waals surface area contributed by atoms with Crippen LogP contribution >= 0.6 is 11.6 Å². The molecule has 0 fully saturated rings. The molecule has 3 aromatic rings. The number of methoxy groups -OCH3 is 1. The Bertz CT molecular complexity index is 806. The molecule has 0 aliphatic carbocycles. The van der Waals surface area contributed by atoms with E-state index < -0.39 is 5.63 Å². The first-order chi connectivity index (χ1) is 9.69. The molecule has 0 aliphatic rings. The van der Waals surface area contributed by atoms with Crippen LogP contribution in [0.1, 0.15) is 13.8 Å². The molecule has 0 saturated carbocycles. The molecule has 3 rings (SSSR count). The van der Waals surface area contributed by atoms with Crippen LogP contribution in [0.5, 0.6) is 5.75 Å². The Hall–Kier alpha value is -2.00. The lowest BCUT2D eigenvalue weighted by Crippen LogP contribution is -2.00. The van der Waals surface area contributed by atoms with Crippen molar-refractivity contribution in [1.29, 1.82) is 0 Å². The Morgan fingerprint density at radius 1 is 1.00 bits per heavy atom. The maximum Gasteiger partial charge on any atom is 0.344 e. The summed E-state index contributed by atoms with van der Waals surface area (Å²) in [5.41, 5.74) is 0.101. The lowest BCUT2D eigenvalue weighted by molar-refractivity contribution is 0.415. The highest BCUT2D eigenvalue weighted by Gasteiger charge is 2.08. The molecule has 0 saturated heterocycles. The number of fused-ring (bicyclic) bond motifs is 3. The molecule has 4 heteroatoms. The van der Waals surface area contributed by atoms with E-state index in [0.717, 1.165) is 10.8 Å². The Kier molecular flexibility index (Phi) is 4.30. The zero-order chi connectivity index (χ0) is 14.7. The van der Waals surface area contributed by atoms with Gasteiger partial charge in [-0.05, 0) is 30.3 Å². The summed E-state index contributed by atoms with van der Waals surface area (Å²) in [7, 11) is 1.56. The Balaban J connectivity index is 0.000000704. The first-order valence-electron chi connectivity index (χ1n) is 6.39. The Labute approximate surface area is 121 Å². The minimum atomic E-state index is -0.390. The second kappa shape index (κ2) is 5.97. The first kappa shape index (κ1) is 14.4. The van der Waals surface area contributed by atoms with Crippen LogP contribution in [-0.4, -0.2) is 7.11 Å². The maximum atomic E-state index is 11.9. The van der Waals surface area contributed by atoms with Crippen LogP contribution in [0.4, 0.5) is 0 Å². The normalized spacial score (nSPS) is 10.2. The van der Waals surface area contributed by atoms with Crippen LogP contribution in [0.15, 0.2) is 45.6 Å². The van der Waals surface area contributed by atoms with Crippen molar-refractivity contribution in [3.63, 3.8) is 0 Å². The average Bonchev–Trinajstić information content (AvgIpc) is 2.49. The summed E-state index contributed by atoms with van der Waals surface area (Å²) in [4.78, 5) is 11.9. The van der Waals surface area contributed by atoms with Crippen molar-refractivity contribution in [3.05, 3.63) is 51.8 Å². The van der Waals surface area contributed by atoms with Crippen molar-refractivity contribution < 1.29 is 9.15 Å². The zero-order valence-electron chi connectivity index (χ0n) is 11.6. The molecule has 0 N–H and O–H groups in total. The number of hydrogen-bond donors (Lipinski definition) is 0. The highest BCUT2D eigenvalue weighted by Crippen LogP contribution is 2.27. The van der Waals surface area contributed by atoms with Gasteiger partial charge in [-0.2, -0.15) is 0 Å². The average molecular weight is 291 g/mol. The SMILES string of the molecule is CC.COc1ccc2c(c1)c(=O)oc1cc(Cl)ccc12. The van der Waals surface area contributed by atoms with Crippen LogP contribution in [0.3, 0.4) is 0 Å². The molecule has 3 nitrogen and oxygen atoms in total. The summed E-state index contributed by atoms with van der Waals surface area (Å²) in [5, 5.41) is 2.73. The van der Waals surface area contributed by atoms with Crippen LogP contribution in [0, 0.1) is 0 Å². The van der Waals surface area contributed by atoms with E-state index in [1.54, 1.807) is 25.3 Å². The number of ether oxygens (including phenoxy) is 1. The third-order valence-electron chi connectivity index (χ3n) is 2.88. The van der Waals surface area contributed by atoms with E-state index in [1.165, 1.54) is 0 Å². The van der Waals surface area contributed by atoms with E-state index in [1.807, 2.05) is 32.0 Å². The van der Waals surface area contributed by atoms with Crippen molar-refractivity contribution in [1.82, 2.24) is 0 Å². The number of hydrogen-bond acceptors (Lipinski definition) is 3. The molecule has 0 bridgehead atoms. The zero-order valence-corrected chi connectivity index (χ0v) is 12.3. The fourth-order valence-corrected chi connectivity index (χ4v) is 2.17. The summed E-state index contributed by atoms with van der Waals surface area (Å²) >= 11 is 5.89. The van der Waals surface area contributed by atoms with Crippen molar-refractivity contribution in [2.75, 3.05) is 7.11 Å². The van der Waals surface area contributed by atoms with Gasteiger partial charge in [-0.15, -0.1) is 0 Å². The van der Waals surface area contributed by atoms with E-state index in [0.29, 0.717) is 21.7 Å². The smallest absolute Gasteiger partial charge is 0.344 e. The molecule has 2 aromatic carbocycles. The highest BCUT2D eigenvalue weighted by molar-refractivity contribution is 6.31. The Morgan fingerprint density at radius 3 is 2.40 bits per heavy atom. The van der Waals surface area contributed by atoms with Crippen molar-refractivity contribution in [3.8, 4) is 5.75 Å². The van der Waals surface area contributed by atoms with Gasteiger partial charge in [0.2, 0.25) is 0 Å². The van der Waals surface area contributed by atoms with Gasteiger partial charge in [-0.3, -0.25) is 0 Å². The maximum absolute atomic E-state index is 11.9. The molecular formula is C16H15ClO3. The summed E-state index contributed by atoms with van der Waals surface area (Å²) in [6.45, 7) is 4.00. The van der Waals surface area contributed by atoms with Crippen molar-refractivity contribution in [2.24, 2.45) is 0 Å². The van der Waals surface area contributed by atoms with Gasteiger partial charge in [0.05, 0.1) is 12.5 Å². The summed E-state index contributed by atoms with van der Waals surface area (Å²) in [6, 6.07) is 10.6. The van der Waals surface area contributed by atoms with E-state index in [9.17, 15) is 4.79 Å². The van der Waals surface area contributed by atoms with E-state index >= 15 is 0 Å². The van der Waals surface area contributed by atoms with E-state index in [4.69, 9.17) is 20.8 Å². The van der Waals surface area contributed by atoms with E-state index in [-0.39, 0.29) is 0 Å². The number of halogens is 1. The molecule has 20 heavy (non-hydrogen) atoms. The quantitative estimate of drug-likeness (QED) is 0.484. The number of benzene rings is 2. The van der Waals surface area contributed by atoms with Gasteiger partial charge in [0.1, 0.15) is 11.3 Å². The highest BCUT2D eigenvalue weighted by atomic mass is 35.5. The summed E-state index contributed by atoms with van der Waals surface area (Å²) < 4.78 is 10.4. The minimum Gasteiger partial charge on any atom is -0.497 e. The standard InChI is InChI=1S/C14H9ClO3.C2H6/c1-17-9-3-5-10-11-4-2-8(15)6-13(11)18-14(16)12(10)7-9;1-2/h2-7H,1H3;1-2H3. The largest absolute Gasteiger partial charge is 0.497 e. The predicted molar refractivity (Wildman–Crippen MR) is 82.9 cm³/mol. The van der Waals surface area contributed by atoms with Gasteiger partial charge in [0, 0.05) is 21.9 Å².